The largest absolute Gasteiger partial charge is 0.449 e. The van der Waals surface area contributed by atoms with Gasteiger partial charge < -0.3 is 30.6 Å². The summed E-state index contributed by atoms with van der Waals surface area (Å²) in [4.78, 5) is 29.0. The highest BCUT2D eigenvalue weighted by Gasteiger charge is 2.28. The number of halogens is 2. The Kier molecular flexibility index (Phi) is 10.9. The highest BCUT2D eigenvalue weighted by Crippen LogP contribution is 2.34. The molecule has 2 saturated carbocycles. The molecule has 0 spiro atoms. The molecule has 39 heavy (non-hydrogen) atoms. The van der Waals surface area contributed by atoms with Crippen molar-refractivity contribution < 1.29 is 9.53 Å². The van der Waals surface area contributed by atoms with Crippen LogP contribution < -0.4 is 16.4 Å². The molecule has 3 aliphatic rings. The smallest absolute Gasteiger partial charge is 0.409 e. The first-order chi connectivity index (χ1) is 17.7. The van der Waals surface area contributed by atoms with Crippen molar-refractivity contribution in [3.8, 4) is 0 Å². The predicted octanol–water partition coefficient (Wildman–Crippen LogP) is 5.53. The molecule has 4 N–H and O–H groups in total. The lowest BCUT2D eigenvalue weighted by Crippen LogP contribution is -2.43. The van der Waals surface area contributed by atoms with E-state index >= 15 is 0 Å². The van der Waals surface area contributed by atoms with Gasteiger partial charge in [-0.05, 0) is 56.8 Å². The molecule has 3 fully saturated rings. The molecule has 1 saturated heterocycles. The molecule has 0 bridgehead atoms. The Hall–Kier alpha value is -2.04. The third-order valence-electron chi connectivity index (χ3n) is 7.97. The van der Waals surface area contributed by atoms with Crippen molar-refractivity contribution in [2.45, 2.75) is 109 Å². The fourth-order valence-electron chi connectivity index (χ4n) is 5.75. The van der Waals surface area contributed by atoms with Crippen LogP contribution in [0.3, 0.4) is 0 Å². The fourth-order valence-corrected chi connectivity index (χ4v) is 5.75. The van der Waals surface area contributed by atoms with Crippen molar-refractivity contribution in [3.63, 3.8) is 0 Å². The Labute approximate surface area is 244 Å². The average molecular weight is 586 g/mol. The summed E-state index contributed by atoms with van der Waals surface area (Å²) in [6.07, 6.45) is 12.4. The molecule has 1 aliphatic heterocycles. The first-order valence-electron chi connectivity index (χ1n) is 14.2. The van der Waals surface area contributed by atoms with Crippen LogP contribution in [0.1, 0.15) is 91.0 Å². The van der Waals surface area contributed by atoms with Crippen molar-refractivity contribution in [1.82, 2.24) is 24.4 Å². The van der Waals surface area contributed by atoms with Gasteiger partial charge in [-0.3, -0.25) is 0 Å². The maximum atomic E-state index is 12.5. The van der Waals surface area contributed by atoms with Crippen molar-refractivity contribution in [2.24, 2.45) is 11.1 Å². The molecule has 2 aromatic heterocycles. The number of imidazole rings is 1. The maximum absolute atomic E-state index is 12.5. The van der Waals surface area contributed by atoms with E-state index in [2.05, 4.69) is 36.0 Å². The molecule has 0 unspecified atom stereocenters. The summed E-state index contributed by atoms with van der Waals surface area (Å²) in [6, 6.07) is 1.31. The standard InChI is InChI=1S/C27H44N8O2.2ClH/c1-27(2,3)16-37-26(36)34-14-12-20(13-15-34)30-23-22-24(35(17-29-22)21-6-4-5-7-21)33-25(32-23)31-19-10-8-18(28)9-11-19;;/h17-21H,4-16,28H2,1-3H3,(H2,30,31,32,33);2*1H/t18-,19-;;. The number of carbonyl (C=O) groups is 1. The molecule has 5 rings (SSSR count). The highest BCUT2D eigenvalue weighted by molar-refractivity contribution is 5.86. The number of hydrogen-bond donors (Lipinski definition) is 3. The van der Waals surface area contributed by atoms with Gasteiger partial charge in [0.15, 0.2) is 17.0 Å². The number of fused-ring (bicyclic) bond motifs is 1. The average Bonchev–Trinajstić information content (AvgIpc) is 3.54. The fraction of sp³-hybridized carbons (Fsp3) is 0.778. The number of aromatic nitrogens is 4. The molecule has 0 radical (unpaired) electrons. The lowest BCUT2D eigenvalue weighted by atomic mass is 9.92. The van der Waals surface area contributed by atoms with Gasteiger partial charge in [-0.25, -0.2) is 9.78 Å². The molecule has 2 aliphatic carbocycles. The first-order valence-corrected chi connectivity index (χ1v) is 14.2. The first kappa shape index (κ1) is 31.5. The van der Waals surface area contributed by atoms with Gasteiger partial charge >= 0.3 is 6.09 Å². The number of ether oxygens (including phenoxy) is 1. The third-order valence-corrected chi connectivity index (χ3v) is 7.97. The predicted molar refractivity (Wildman–Crippen MR) is 160 cm³/mol. The SMILES string of the molecule is CC(C)(C)COC(=O)N1CCC(Nc2nc(N[C@H]3CC[C@H](N)CC3)nc3c2ncn3C2CCCC2)CC1.Cl.Cl. The number of amides is 1. The van der Waals surface area contributed by atoms with Gasteiger partial charge in [0.25, 0.3) is 0 Å². The number of anilines is 2. The van der Waals surface area contributed by atoms with Crippen LogP contribution in [0, 0.1) is 5.41 Å². The molecule has 1 amide bonds. The number of piperidine rings is 1. The molecule has 3 heterocycles. The third kappa shape index (κ3) is 8.01. The van der Waals surface area contributed by atoms with E-state index in [0.29, 0.717) is 43.8 Å². The maximum Gasteiger partial charge on any atom is 0.409 e. The van der Waals surface area contributed by atoms with Gasteiger partial charge in [0.1, 0.15) is 0 Å². The minimum atomic E-state index is -0.216. The number of carbonyl (C=O) groups excluding carboxylic acids is 1. The van der Waals surface area contributed by atoms with E-state index in [0.717, 1.165) is 55.5 Å². The number of rotatable bonds is 6. The summed E-state index contributed by atoms with van der Waals surface area (Å²) < 4.78 is 7.78. The molecule has 0 atom stereocenters. The summed E-state index contributed by atoms with van der Waals surface area (Å²) >= 11 is 0. The van der Waals surface area contributed by atoms with Crippen LogP contribution in [-0.2, 0) is 4.74 Å². The van der Waals surface area contributed by atoms with Crippen LogP contribution in [-0.4, -0.2) is 68.3 Å². The number of hydrogen-bond acceptors (Lipinski definition) is 8. The van der Waals surface area contributed by atoms with E-state index in [-0.39, 0.29) is 42.4 Å². The van der Waals surface area contributed by atoms with E-state index in [1.54, 1.807) is 0 Å². The summed E-state index contributed by atoms with van der Waals surface area (Å²) in [5.74, 6) is 1.45. The van der Waals surface area contributed by atoms with Crippen LogP contribution in [0.5, 0.6) is 0 Å². The molecule has 220 valence electrons. The van der Waals surface area contributed by atoms with Gasteiger partial charge in [0.05, 0.1) is 12.9 Å². The minimum Gasteiger partial charge on any atom is -0.449 e. The number of nitrogens with one attached hydrogen (secondary N) is 2. The lowest BCUT2D eigenvalue weighted by molar-refractivity contribution is 0.0663. The van der Waals surface area contributed by atoms with Crippen molar-refractivity contribution in [3.05, 3.63) is 6.33 Å². The van der Waals surface area contributed by atoms with Gasteiger partial charge in [-0.15, -0.1) is 24.8 Å². The number of nitrogens with two attached hydrogens (primary N) is 1. The highest BCUT2D eigenvalue weighted by atomic mass is 35.5. The monoisotopic (exact) mass is 584 g/mol. The zero-order chi connectivity index (χ0) is 26.0. The van der Waals surface area contributed by atoms with E-state index in [1.807, 2.05) is 11.2 Å². The van der Waals surface area contributed by atoms with Crippen LogP contribution in [0.15, 0.2) is 6.33 Å². The van der Waals surface area contributed by atoms with E-state index < -0.39 is 0 Å². The summed E-state index contributed by atoms with van der Waals surface area (Å²) in [5.41, 5.74) is 7.82. The van der Waals surface area contributed by atoms with E-state index in [1.165, 1.54) is 25.7 Å². The summed E-state index contributed by atoms with van der Waals surface area (Å²) in [6.45, 7) is 7.96. The molecule has 10 nitrogen and oxygen atoms in total. The van der Waals surface area contributed by atoms with Gasteiger partial charge in [0.2, 0.25) is 5.95 Å². The molecule has 12 heteroatoms. The van der Waals surface area contributed by atoms with Crippen molar-refractivity contribution in [1.29, 1.82) is 0 Å². The Bertz CT molecular complexity index is 1070. The van der Waals surface area contributed by atoms with Crippen LogP contribution >= 0.6 is 24.8 Å². The molecular weight excluding hydrogens is 539 g/mol. The zero-order valence-corrected chi connectivity index (χ0v) is 25.2. The molecular formula is C27H46Cl2N8O2. The lowest BCUT2D eigenvalue weighted by Gasteiger charge is -2.32. The Morgan fingerprint density at radius 2 is 1.62 bits per heavy atom. The van der Waals surface area contributed by atoms with E-state index in [9.17, 15) is 4.79 Å². The van der Waals surface area contributed by atoms with Crippen LogP contribution in [0.25, 0.3) is 11.2 Å². The summed E-state index contributed by atoms with van der Waals surface area (Å²) in [5, 5.41) is 7.26. The Morgan fingerprint density at radius 3 is 2.26 bits per heavy atom. The number of nitrogens with zero attached hydrogens (tertiary/aromatic N) is 5. The van der Waals surface area contributed by atoms with Gasteiger partial charge in [-0.1, -0.05) is 33.6 Å². The Balaban J connectivity index is 0.00000210. The molecule has 2 aromatic rings. The van der Waals surface area contributed by atoms with Crippen LogP contribution in [0.4, 0.5) is 16.6 Å². The van der Waals surface area contributed by atoms with Gasteiger partial charge in [0, 0.05) is 37.3 Å². The van der Waals surface area contributed by atoms with Crippen molar-refractivity contribution >= 4 is 53.8 Å². The minimum absolute atomic E-state index is 0. The zero-order valence-electron chi connectivity index (χ0n) is 23.5. The normalized spacial score (nSPS) is 22.7. The topological polar surface area (TPSA) is 123 Å². The second kappa shape index (κ2) is 13.5. The Morgan fingerprint density at radius 1 is 0.974 bits per heavy atom. The quantitative estimate of drug-likeness (QED) is 0.405. The number of likely N-dealkylation sites (tertiary alicyclic amines) is 1. The van der Waals surface area contributed by atoms with Crippen molar-refractivity contribution in [2.75, 3.05) is 30.3 Å². The van der Waals surface area contributed by atoms with Crippen LogP contribution in [0.2, 0.25) is 0 Å². The second-order valence-electron chi connectivity index (χ2n) is 12.4. The second-order valence-corrected chi connectivity index (χ2v) is 12.4. The van der Waals surface area contributed by atoms with Gasteiger partial charge in [-0.2, -0.15) is 9.97 Å². The molecule has 0 aromatic carbocycles. The van der Waals surface area contributed by atoms with E-state index in [4.69, 9.17) is 25.4 Å². The summed E-state index contributed by atoms with van der Waals surface area (Å²) in [7, 11) is 0.